The van der Waals surface area contributed by atoms with Gasteiger partial charge in [-0.3, -0.25) is 14.9 Å². The Kier molecular flexibility index (Phi) is 6.18. The van der Waals surface area contributed by atoms with Gasteiger partial charge in [-0.25, -0.2) is 5.43 Å². The van der Waals surface area contributed by atoms with Crippen LogP contribution in [0.4, 0.5) is 5.69 Å². The van der Waals surface area contributed by atoms with E-state index in [1.165, 1.54) is 24.4 Å². The molecule has 2 aromatic carbocycles. The zero-order chi connectivity index (χ0) is 19.9. The molecule has 0 radical (unpaired) electrons. The van der Waals surface area contributed by atoms with Crippen LogP contribution in [0, 0.1) is 10.1 Å². The minimum Gasteiger partial charge on any atom is -0.477 e. The Morgan fingerprint density at radius 2 is 1.93 bits per heavy atom. The Hall–Kier alpha value is -3.46. The summed E-state index contributed by atoms with van der Waals surface area (Å²) in [4.78, 5) is 22.1. The number of para-hydroxylation sites is 2. The van der Waals surface area contributed by atoms with Crippen molar-refractivity contribution in [2.45, 2.75) is 0 Å². The first-order valence-corrected chi connectivity index (χ1v) is 8.86. The van der Waals surface area contributed by atoms with Crippen molar-refractivity contribution < 1.29 is 18.9 Å². The molecule has 1 N–H and O–H groups in total. The number of hydrogen-bond donors (Lipinski definition) is 1. The van der Waals surface area contributed by atoms with Crippen molar-refractivity contribution in [2.75, 3.05) is 6.61 Å². The summed E-state index contributed by atoms with van der Waals surface area (Å²) in [5.74, 6) is 0.573. The first kappa shape index (κ1) is 19.3. The third-order valence-electron chi connectivity index (χ3n) is 3.56. The van der Waals surface area contributed by atoms with E-state index in [-0.39, 0.29) is 11.4 Å². The SMILES string of the molecule is O=C(COc1ccccc1[N+](=O)[O-])N/N=C/c1ccc(-c2ccc(Br)cc2)o1. The number of nitrogens with one attached hydrogen (secondary N) is 1. The van der Waals surface area contributed by atoms with Gasteiger partial charge in [0.15, 0.2) is 12.4 Å². The highest BCUT2D eigenvalue weighted by molar-refractivity contribution is 9.10. The normalized spacial score (nSPS) is 10.8. The Labute approximate surface area is 168 Å². The molecule has 1 heterocycles. The van der Waals surface area contributed by atoms with Gasteiger partial charge in [-0.05, 0) is 30.3 Å². The van der Waals surface area contributed by atoms with Crippen molar-refractivity contribution in [1.29, 1.82) is 0 Å². The fraction of sp³-hybridized carbons (Fsp3) is 0.0526. The number of amides is 1. The number of nitro groups is 1. The topological polar surface area (TPSA) is 107 Å². The van der Waals surface area contributed by atoms with E-state index >= 15 is 0 Å². The van der Waals surface area contributed by atoms with Crippen LogP contribution < -0.4 is 10.2 Å². The fourth-order valence-corrected chi connectivity index (χ4v) is 2.53. The molecule has 0 saturated heterocycles. The van der Waals surface area contributed by atoms with Crippen molar-refractivity contribution >= 4 is 33.7 Å². The van der Waals surface area contributed by atoms with Crippen molar-refractivity contribution in [2.24, 2.45) is 5.10 Å². The maximum atomic E-state index is 11.8. The van der Waals surface area contributed by atoms with E-state index in [9.17, 15) is 14.9 Å². The number of halogens is 1. The molecule has 3 rings (SSSR count). The highest BCUT2D eigenvalue weighted by Crippen LogP contribution is 2.25. The highest BCUT2D eigenvalue weighted by atomic mass is 79.9. The maximum absolute atomic E-state index is 11.8. The van der Waals surface area contributed by atoms with Gasteiger partial charge in [-0.1, -0.05) is 40.2 Å². The molecule has 0 aliphatic rings. The van der Waals surface area contributed by atoms with Crippen molar-refractivity contribution in [3.63, 3.8) is 0 Å². The van der Waals surface area contributed by atoms with Gasteiger partial charge < -0.3 is 9.15 Å². The van der Waals surface area contributed by atoms with E-state index in [0.29, 0.717) is 11.5 Å². The number of rotatable bonds is 7. The van der Waals surface area contributed by atoms with Gasteiger partial charge in [-0.15, -0.1) is 0 Å². The Morgan fingerprint density at radius 3 is 2.68 bits per heavy atom. The van der Waals surface area contributed by atoms with Crippen LogP contribution in [0.2, 0.25) is 0 Å². The zero-order valence-electron chi connectivity index (χ0n) is 14.4. The number of nitro benzene ring substituents is 1. The van der Waals surface area contributed by atoms with Crippen LogP contribution >= 0.6 is 15.9 Å². The van der Waals surface area contributed by atoms with Crippen LogP contribution in [0.3, 0.4) is 0 Å². The molecule has 0 fully saturated rings. The van der Waals surface area contributed by atoms with Crippen LogP contribution in [0.5, 0.6) is 5.75 Å². The third kappa shape index (κ3) is 5.04. The molecule has 0 unspecified atom stereocenters. The summed E-state index contributed by atoms with van der Waals surface area (Å²) in [5.41, 5.74) is 2.97. The lowest BCUT2D eigenvalue weighted by atomic mass is 10.2. The maximum Gasteiger partial charge on any atom is 0.310 e. The standard InChI is InChI=1S/C19H14BrN3O5/c20-14-7-5-13(6-8-14)17-10-9-15(28-17)11-21-22-19(24)12-27-18-4-2-1-3-16(18)23(25)26/h1-11H,12H2,(H,22,24)/b21-11+. The van der Waals surface area contributed by atoms with Crippen LogP contribution in [0.15, 0.2) is 74.7 Å². The second kappa shape index (κ2) is 8.96. The molecule has 0 saturated carbocycles. The van der Waals surface area contributed by atoms with Crippen molar-refractivity contribution in [3.8, 4) is 17.1 Å². The van der Waals surface area contributed by atoms with Crippen LogP contribution in [0.25, 0.3) is 11.3 Å². The quantitative estimate of drug-likeness (QED) is 0.335. The van der Waals surface area contributed by atoms with Crippen molar-refractivity contribution in [1.82, 2.24) is 5.43 Å². The summed E-state index contributed by atoms with van der Waals surface area (Å²) in [6.07, 6.45) is 1.35. The van der Waals surface area contributed by atoms with Crippen LogP contribution in [0.1, 0.15) is 5.76 Å². The van der Waals surface area contributed by atoms with E-state index in [1.807, 2.05) is 24.3 Å². The van der Waals surface area contributed by atoms with E-state index < -0.39 is 17.4 Å². The zero-order valence-corrected chi connectivity index (χ0v) is 16.0. The van der Waals surface area contributed by atoms with E-state index in [2.05, 4.69) is 26.5 Å². The summed E-state index contributed by atoms with van der Waals surface area (Å²) in [6, 6.07) is 17.0. The van der Waals surface area contributed by atoms with Gasteiger partial charge in [-0.2, -0.15) is 5.10 Å². The highest BCUT2D eigenvalue weighted by Gasteiger charge is 2.14. The van der Waals surface area contributed by atoms with E-state index in [4.69, 9.17) is 9.15 Å². The molecule has 142 valence electrons. The summed E-state index contributed by atoms with van der Waals surface area (Å²) in [5, 5.41) is 14.7. The average molecular weight is 444 g/mol. The molecule has 0 bridgehead atoms. The number of ether oxygens (including phenoxy) is 1. The predicted molar refractivity (Wildman–Crippen MR) is 106 cm³/mol. The Balaban J connectivity index is 1.53. The van der Waals surface area contributed by atoms with Gasteiger partial charge in [0, 0.05) is 16.1 Å². The lowest BCUT2D eigenvalue weighted by Gasteiger charge is -2.05. The van der Waals surface area contributed by atoms with Crippen LogP contribution in [-0.2, 0) is 4.79 Å². The molecule has 9 heteroatoms. The number of benzene rings is 2. The van der Waals surface area contributed by atoms with Gasteiger partial charge in [0.25, 0.3) is 5.91 Å². The lowest BCUT2D eigenvalue weighted by molar-refractivity contribution is -0.385. The van der Waals surface area contributed by atoms with E-state index in [0.717, 1.165) is 10.0 Å². The number of furan rings is 1. The summed E-state index contributed by atoms with van der Waals surface area (Å²) < 4.78 is 11.8. The largest absolute Gasteiger partial charge is 0.477 e. The minimum atomic E-state index is -0.578. The monoisotopic (exact) mass is 443 g/mol. The average Bonchev–Trinajstić information content (AvgIpc) is 3.16. The minimum absolute atomic E-state index is 0.0109. The second-order valence-corrected chi connectivity index (χ2v) is 6.43. The number of hydrogen-bond acceptors (Lipinski definition) is 6. The Bertz CT molecular complexity index is 1010. The first-order chi connectivity index (χ1) is 13.5. The van der Waals surface area contributed by atoms with Gasteiger partial charge in [0.1, 0.15) is 11.5 Å². The fourth-order valence-electron chi connectivity index (χ4n) is 2.27. The van der Waals surface area contributed by atoms with Crippen molar-refractivity contribution in [3.05, 3.63) is 81.0 Å². The number of hydrazone groups is 1. The van der Waals surface area contributed by atoms with Crippen LogP contribution in [-0.4, -0.2) is 23.7 Å². The molecular weight excluding hydrogens is 430 g/mol. The molecule has 0 atom stereocenters. The molecule has 0 aliphatic heterocycles. The summed E-state index contributed by atoms with van der Waals surface area (Å²) >= 11 is 3.37. The lowest BCUT2D eigenvalue weighted by Crippen LogP contribution is -2.24. The molecule has 3 aromatic rings. The predicted octanol–water partition coefficient (Wildman–Crippen LogP) is 4.15. The number of carbonyl (C=O) groups is 1. The molecule has 8 nitrogen and oxygen atoms in total. The summed E-state index contributed by atoms with van der Waals surface area (Å²) in [7, 11) is 0. The molecule has 1 amide bonds. The third-order valence-corrected chi connectivity index (χ3v) is 4.09. The smallest absolute Gasteiger partial charge is 0.310 e. The number of nitrogens with zero attached hydrogens (tertiary/aromatic N) is 2. The Morgan fingerprint density at radius 1 is 1.18 bits per heavy atom. The molecular formula is C19H14BrN3O5. The first-order valence-electron chi connectivity index (χ1n) is 8.07. The second-order valence-electron chi connectivity index (χ2n) is 5.52. The van der Waals surface area contributed by atoms with Gasteiger partial charge in [0.2, 0.25) is 0 Å². The number of carbonyl (C=O) groups excluding carboxylic acids is 1. The molecule has 1 aromatic heterocycles. The molecule has 28 heavy (non-hydrogen) atoms. The summed E-state index contributed by atoms with van der Waals surface area (Å²) in [6.45, 7) is -0.412. The van der Waals surface area contributed by atoms with E-state index in [1.54, 1.807) is 18.2 Å². The van der Waals surface area contributed by atoms with Gasteiger partial charge >= 0.3 is 5.69 Å². The molecule has 0 aliphatic carbocycles. The molecule has 0 spiro atoms. The van der Waals surface area contributed by atoms with Gasteiger partial charge in [0.05, 0.1) is 11.1 Å².